The number of carbonyl (C=O) groups is 1. The van der Waals surface area contributed by atoms with E-state index < -0.39 is 0 Å². The highest BCUT2D eigenvalue weighted by Gasteiger charge is 2.18. The fourth-order valence-electron chi connectivity index (χ4n) is 2.00. The van der Waals surface area contributed by atoms with E-state index in [0.29, 0.717) is 13.0 Å². The van der Waals surface area contributed by atoms with Crippen LogP contribution < -0.4 is 0 Å². The summed E-state index contributed by atoms with van der Waals surface area (Å²) < 4.78 is 6.25. The van der Waals surface area contributed by atoms with Gasteiger partial charge in [-0.05, 0) is 30.4 Å². The van der Waals surface area contributed by atoms with Crippen molar-refractivity contribution in [1.29, 1.82) is 0 Å². The van der Waals surface area contributed by atoms with Gasteiger partial charge in [0.1, 0.15) is 0 Å². The molecule has 3 heteroatoms. The second-order valence-corrected chi connectivity index (χ2v) is 5.29. The molecule has 0 saturated carbocycles. The molecule has 2 nitrogen and oxygen atoms in total. The van der Waals surface area contributed by atoms with Crippen molar-refractivity contribution in [3.8, 4) is 0 Å². The van der Waals surface area contributed by atoms with Gasteiger partial charge >= 0.3 is 5.97 Å². The average molecular weight is 313 g/mol. The molecule has 1 rings (SSSR count). The Bertz CT molecular complexity index is 377. The van der Waals surface area contributed by atoms with Crippen LogP contribution in [0.5, 0.6) is 0 Å². The van der Waals surface area contributed by atoms with Gasteiger partial charge in [-0.25, -0.2) is 0 Å². The van der Waals surface area contributed by atoms with E-state index in [1.54, 1.807) is 0 Å². The van der Waals surface area contributed by atoms with E-state index >= 15 is 0 Å². The lowest BCUT2D eigenvalue weighted by Gasteiger charge is -2.17. The molecule has 0 aliphatic rings. The highest BCUT2D eigenvalue weighted by molar-refractivity contribution is 9.10. The molecule has 0 bridgehead atoms. The smallest absolute Gasteiger partial charge is 0.306 e. The zero-order valence-electron chi connectivity index (χ0n) is 11.1. The molecule has 0 N–H and O–H groups in total. The molecule has 0 saturated heterocycles. The minimum Gasteiger partial charge on any atom is -0.466 e. The lowest BCUT2D eigenvalue weighted by molar-refractivity contribution is -0.144. The quantitative estimate of drug-likeness (QED) is 0.683. The fourth-order valence-corrected chi connectivity index (χ4v) is 2.61. The molecular weight excluding hydrogens is 292 g/mol. The zero-order chi connectivity index (χ0) is 13.4. The number of rotatable bonds is 7. The Balaban J connectivity index is 2.71. The first-order chi connectivity index (χ1) is 8.69. The van der Waals surface area contributed by atoms with Gasteiger partial charge in [0.2, 0.25) is 0 Å². The first kappa shape index (κ1) is 15.2. The summed E-state index contributed by atoms with van der Waals surface area (Å²) in [6, 6.07) is 8.11. The lowest BCUT2D eigenvalue weighted by Crippen LogP contribution is -2.11. The molecular formula is C15H21BrO2. The lowest BCUT2D eigenvalue weighted by atomic mass is 9.91. The molecule has 1 unspecified atom stereocenters. The van der Waals surface area contributed by atoms with E-state index in [9.17, 15) is 4.79 Å². The average Bonchev–Trinajstić information content (AvgIpc) is 2.36. The molecule has 0 aliphatic heterocycles. The van der Waals surface area contributed by atoms with Crippen molar-refractivity contribution in [2.45, 2.75) is 45.4 Å². The maximum Gasteiger partial charge on any atom is 0.306 e. The maximum atomic E-state index is 11.7. The Hall–Kier alpha value is -0.830. The van der Waals surface area contributed by atoms with Crippen LogP contribution in [0, 0.1) is 0 Å². The Morgan fingerprint density at radius 1 is 1.28 bits per heavy atom. The van der Waals surface area contributed by atoms with Gasteiger partial charge in [0.15, 0.2) is 0 Å². The van der Waals surface area contributed by atoms with E-state index in [1.165, 1.54) is 5.56 Å². The van der Waals surface area contributed by atoms with Crippen molar-refractivity contribution in [2.24, 2.45) is 0 Å². The number of esters is 1. The van der Waals surface area contributed by atoms with E-state index in [-0.39, 0.29) is 11.9 Å². The largest absolute Gasteiger partial charge is 0.466 e. The minimum absolute atomic E-state index is 0.0916. The molecule has 0 aromatic heterocycles. The van der Waals surface area contributed by atoms with E-state index in [0.717, 1.165) is 23.7 Å². The third kappa shape index (κ3) is 4.81. The highest BCUT2D eigenvalue weighted by atomic mass is 79.9. The predicted molar refractivity (Wildman–Crippen MR) is 77.7 cm³/mol. The van der Waals surface area contributed by atoms with Crippen LogP contribution in [0.25, 0.3) is 0 Å². The van der Waals surface area contributed by atoms with Crippen LogP contribution >= 0.6 is 15.9 Å². The van der Waals surface area contributed by atoms with Crippen molar-refractivity contribution in [2.75, 3.05) is 6.61 Å². The summed E-state index contributed by atoms with van der Waals surface area (Å²) in [5.74, 6) is 0.154. The number of ether oxygens (including phenoxy) is 1. The Kier molecular flexibility index (Phi) is 7.02. The summed E-state index contributed by atoms with van der Waals surface area (Å²) in [4.78, 5) is 11.7. The van der Waals surface area contributed by atoms with Crippen LogP contribution in [0.15, 0.2) is 28.7 Å². The first-order valence-electron chi connectivity index (χ1n) is 6.59. The van der Waals surface area contributed by atoms with Crippen LogP contribution in [-0.4, -0.2) is 12.6 Å². The summed E-state index contributed by atoms with van der Waals surface area (Å²) in [5.41, 5.74) is 1.20. The van der Waals surface area contributed by atoms with Crippen LogP contribution in [-0.2, 0) is 9.53 Å². The molecule has 0 radical (unpaired) electrons. The molecule has 0 fully saturated rings. The monoisotopic (exact) mass is 312 g/mol. The summed E-state index contributed by atoms with van der Waals surface area (Å²) in [5, 5.41) is 0. The molecule has 0 heterocycles. The van der Waals surface area contributed by atoms with Crippen molar-refractivity contribution in [3.63, 3.8) is 0 Å². The summed E-state index contributed by atoms with van der Waals surface area (Å²) in [6.45, 7) is 4.67. The predicted octanol–water partition coefficient (Wildman–Crippen LogP) is 4.68. The third-order valence-corrected chi connectivity index (χ3v) is 3.58. The van der Waals surface area contributed by atoms with Gasteiger partial charge in [0.25, 0.3) is 0 Å². The molecule has 1 atom stereocenters. The van der Waals surface area contributed by atoms with Crippen LogP contribution in [0.3, 0.4) is 0 Å². The Morgan fingerprint density at radius 2 is 2.00 bits per heavy atom. The van der Waals surface area contributed by atoms with Gasteiger partial charge in [-0.3, -0.25) is 4.79 Å². The maximum absolute atomic E-state index is 11.7. The Labute approximate surface area is 118 Å². The second-order valence-electron chi connectivity index (χ2n) is 4.43. The van der Waals surface area contributed by atoms with Gasteiger partial charge in [-0.2, -0.15) is 0 Å². The van der Waals surface area contributed by atoms with Gasteiger partial charge < -0.3 is 4.74 Å². The third-order valence-electron chi connectivity index (χ3n) is 2.86. The number of hydrogen-bond acceptors (Lipinski definition) is 2. The SMILES string of the molecule is CCCOC(=O)CC(CCC)c1ccccc1Br. The number of benzene rings is 1. The van der Waals surface area contributed by atoms with Crippen molar-refractivity contribution in [3.05, 3.63) is 34.3 Å². The molecule has 18 heavy (non-hydrogen) atoms. The van der Waals surface area contributed by atoms with Crippen molar-refractivity contribution < 1.29 is 9.53 Å². The van der Waals surface area contributed by atoms with E-state index in [4.69, 9.17) is 4.74 Å². The molecule has 0 aliphatic carbocycles. The molecule has 1 aromatic carbocycles. The molecule has 0 spiro atoms. The Morgan fingerprint density at radius 3 is 2.61 bits per heavy atom. The number of halogens is 1. The van der Waals surface area contributed by atoms with Gasteiger partial charge in [0, 0.05) is 4.47 Å². The van der Waals surface area contributed by atoms with Gasteiger partial charge in [-0.1, -0.05) is 54.4 Å². The zero-order valence-corrected chi connectivity index (χ0v) is 12.7. The summed E-state index contributed by atoms with van der Waals surface area (Å²) in [6.07, 6.45) is 3.41. The van der Waals surface area contributed by atoms with Gasteiger partial charge in [0.05, 0.1) is 13.0 Å². The summed E-state index contributed by atoms with van der Waals surface area (Å²) >= 11 is 3.56. The normalized spacial score (nSPS) is 12.2. The van der Waals surface area contributed by atoms with E-state index in [1.807, 2.05) is 25.1 Å². The van der Waals surface area contributed by atoms with Crippen LogP contribution in [0.2, 0.25) is 0 Å². The van der Waals surface area contributed by atoms with E-state index in [2.05, 4.69) is 28.9 Å². The van der Waals surface area contributed by atoms with Crippen molar-refractivity contribution >= 4 is 21.9 Å². The van der Waals surface area contributed by atoms with Crippen molar-refractivity contribution in [1.82, 2.24) is 0 Å². The second kappa shape index (κ2) is 8.30. The van der Waals surface area contributed by atoms with Gasteiger partial charge in [-0.15, -0.1) is 0 Å². The fraction of sp³-hybridized carbons (Fsp3) is 0.533. The topological polar surface area (TPSA) is 26.3 Å². The molecule has 1 aromatic rings. The molecule has 100 valence electrons. The number of carbonyl (C=O) groups excluding carboxylic acids is 1. The first-order valence-corrected chi connectivity index (χ1v) is 7.38. The molecule has 0 amide bonds. The highest BCUT2D eigenvalue weighted by Crippen LogP contribution is 2.31. The minimum atomic E-state index is -0.0916. The summed E-state index contributed by atoms with van der Waals surface area (Å²) in [7, 11) is 0. The van der Waals surface area contributed by atoms with Crippen LogP contribution in [0.1, 0.15) is 51.0 Å². The number of hydrogen-bond donors (Lipinski definition) is 0. The van der Waals surface area contributed by atoms with Crippen LogP contribution in [0.4, 0.5) is 0 Å². The standard InChI is InChI=1S/C15H21BrO2/c1-3-7-12(11-15(17)18-10-4-2)13-8-5-6-9-14(13)16/h5-6,8-9,12H,3-4,7,10-11H2,1-2H3.